The fourth-order valence-corrected chi connectivity index (χ4v) is 4.28. The van der Waals surface area contributed by atoms with E-state index >= 15 is 0 Å². The lowest BCUT2D eigenvalue weighted by Gasteiger charge is -2.29. The van der Waals surface area contributed by atoms with Gasteiger partial charge in [-0.3, -0.25) is 9.88 Å². The Morgan fingerprint density at radius 3 is 2.72 bits per heavy atom. The average Bonchev–Trinajstić information content (AvgIpc) is 3.33. The first kappa shape index (κ1) is 17.0. The van der Waals surface area contributed by atoms with E-state index in [1.165, 1.54) is 38.6 Å². The topological polar surface area (TPSA) is 50.7 Å². The van der Waals surface area contributed by atoms with Crippen LogP contribution in [0.1, 0.15) is 32.1 Å². The van der Waals surface area contributed by atoms with Gasteiger partial charge in [-0.2, -0.15) is 4.98 Å². The van der Waals surface area contributed by atoms with Crippen LogP contribution in [-0.2, 0) is 4.74 Å². The van der Waals surface area contributed by atoms with Gasteiger partial charge >= 0.3 is 0 Å². The van der Waals surface area contributed by atoms with Gasteiger partial charge in [-0.25, -0.2) is 0 Å². The van der Waals surface area contributed by atoms with Crippen molar-refractivity contribution in [2.75, 3.05) is 57.4 Å². The minimum absolute atomic E-state index is 0.682. The van der Waals surface area contributed by atoms with Crippen LogP contribution in [0.15, 0.2) is 12.4 Å². The molecular formula is C19H30N4O2. The maximum atomic E-state index is 5.92. The Hall–Kier alpha value is -1.40. The normalized spacial score (nSPS) is 25.6. The van der Waals surface area contributed by atoms with Crippen molar-refractivity contribution in [2.24, 2.45) is 11.8 Å². The molecule has 0 spiro atoms. The summed E-state index contributed by atoms with van der Waals surface area (Å²) >= 11 is 0. The molecule has 1 aromatic rings. The highest BCUT2D eigenvalue weighted by atomic mass is 16.5. The third-order valence-corrected chi connectivity index (χ3v) is 5.77. The summed E-state index contributed by atoms with van der Waals surface area (Å²) < 4.78 is 11.4. The van der Waals surface area contributed by atoms with Crippen molar-refractivity contribution >= 4 is 5.82 Å². The van der Waals surface area contributed by atoms with Gasteiger partial charge in [-0.05, 0) is 31.1 Å². The number of hydrogen-bond donors (Lipinski definition) is 0. The van der Waals surface area contributed by atoms with Gasteiger partial charge in [-0.1, -0.05) is 12.8 Å². The van der Waals surface area contributed by atoms with Crippen molar-refractivity contribution in [1.29, 1.82) is 0 Å². The van der Waals surface area contributed by atoms with E-state index in [1.807, 2.05) is 6.20 Å². The monoisotopic (exact) mass is 346 g/mol. The lowest BCUT2D eigenvalue weighted by molar-refractivity contribution is 0.0320. The number of rotatable bonds is 6. The minimum Gasteiger partial charge on any atom is -0.476 e. The Bertz CT molecular complexity index is 544. The Morgan fingerprint density at radius 2 is 1.88 bits per heavy atom. The lowest BCUT2D eigenvalue weighted by Crippen LogP contribution is -2.39. The Morgan fingerprint density at radius 1 is 1.04 bits per heavy atom. The molecular weight excluding hydrogens is 316 g/mol. The quantitative estimate of drug-likeness (QED) is 0.787. The van der Waals surface area contributed by atoms with Crippen LogP contribution >= 0.6 is 0 Å². The second-order valence-corrected chi connectivity index (χ2v) is 7.69. The predicted octanol–water partition coefficient (Wildman–Crippen LogP) is 2.20. The molecule has 0 aromatic carbocycles. The zero-order valence-corrected chi connectivity index (χ0v) is 15.1. The summed E-state index contributed by atoms with van der Waals surface area (Å²) in [6.07, 6.45) is 10.1. The summed E-state index contributed by atoms with van der Waals surface area (Å²) in [6.45, 7) is 7.99. The second kappa shape index (κ2) is 8.32. The van der Waals surface area contributed by atoms with Crippen LogP contribution in [0, 0.1) is 11.8 Å². The number of nitrogens with zero attached hydrogens (tertiary/aromatic N) is 4. The van der Waals surface area contributed by atoms with E-state index in [9.17, 15) is 0 Å². The van der Waals surface area contributed by atoms with Gasteiger partial charge in [0.1, 0.15) is 0 Å². The standard InChI is InChI=1S/C19H30N4O2/c1-2-4-16(3-1)15-25-19-12-20-11-18(21-19)23-6-5-17(14-23)13-22-7-9-24-10-8-22/h11-12,16-17H,1-10,13-15H2. The highest BCUT2D eigenvalue weighted by Gasteiger charge is 2.26. The molecule has 2 saturated heterocycles. The van der Waals surface area contributed by atoms with Crippen LogP contribution in [0.2, 0.25) is 0 Å². The first-order chi connectivity index (χ1) is 12.4. The SMILES string of the molecule is c1ncc(N2CCC(CN3CCOCC3)C2)nc1OCC1CCCC1. The summed E-state index contributed by atoms with van der Waals surface area (Å²) in [4.78, 5) is 14.0. The van der Waals surface area contributed by atoms with E-state index in [-0.39, 0.29) is 0 Å². The van der Waals surface area contributed by atoms with Crippen molar-refractivity contribution < 1.29 is 9.47 Å². The molecule has 2 aliphatic heterocycles. The Labute approximate surface area is 150 Å². The fourth-order valence-electron chi connectivity index (χ4n) is 4.28. The number of ether oxygens (including phenoxy) is 2. The predicted molar refractivity (Wildman–Crippen MR) is 97.1 cm³/mol. The highest BCUT2D eigenvalue weighted by molar-refractivity contribution is 5.38. The Balaban J connectivity index is 1.28. The zero-order valence-electron chi connectivity index (χ0n) is 15.1. The first-order valence-electron chi connectivity index (χ1n) is 9.87. The molecule has 3 aliphatic rings. The van der Waals surface area contributed by atoms with E-state index in [4.69, 9.17) is 14.5 Å². The van der Waals surface area contributed by atoms with Gasteiger partial charge in [0.25, 0.3) is 0 Å². The molecule has 1 atom stereocenters. The molecule has 0 amide bonds. The van der Waals surface area contributed by atoms with Crippen molar-refractivity contribution in [1.82, 2.24) is 14.9 Å². The molecule has 0 bridgehead atoms. The summed E-state index contributed by atoms with van der Waals surface area (Å²) in [5, 5.41) is 0. The zero-order chi connectivity index (χ0) is 16.9. The molecule has 0 N–H and O–H groups in total. The number of anilines is 1. The lowest BCUT2D eigenvalue weighted by atomic mass is 10.1. The second-order valence-electron chi connectivity index (χ2n) is 7.69. The smallest absolute Gasteiger partial charge is 0.234 e. The van der Waals surface area contributed by atoms with Crippen LogP contribution in [0.3, 0.4) is 0 Å². The largest absolute Gasteiger partial charge is 0.476 e. The third-order valence-electron chi connectivity index (χ3n) is 5.77. The molecule has 25 heavy (non-hydrogen) atoms. The van der Waals surface area contributed by atoms with E-state index in [2.05, 4.69) is 14.8 Å². The average molecular weight is 346 g/mol. The number of morpholine rings is 1. The number of hydrogen-bond acceptors (Lipinski definition) is 6. The molecule has 0 radical (unpaired) electrons. The molecule has 1 aliphatic carbocycles. The van der Waals surface area contributed by atoms with Crippen molar-refractivity contribution in [3.05, 3.63) is 12.4 Å². The van der Waals surface area contributed by atoms with Gasteiger partial charge in [0.05, 0.1) is 32.2 Å². The summed E-state index contributed by atoms with van der Waals surface area (Å²) in [6, 6.07) is 0. The molecule has 6 heteroatoms. The molecule has 1 aromatic heterocycles. The van der Waals surface area contributed by atoms with Crippen LogP contribution in [0.5, 0.6) is 5.88 Å². The first-order valence-corrected chi connectivity index (χ1v) is 9.87. The Kier molecular flexibility index (Phi) is 5.67. The van der Waals surface area contributed by atoms with E-state index in [1.54, 1.807) is 6.20 Å². The van der Waals surface area contributed by atoms with Gasteiger partial charge in [0.15, 0.2) is 5.82 Å². The molecule has 1 saturated carbocycles. The van der Waals surface area contributed by atoms with Crippen molar-refractivity contribution in [3.8, 4) is 5.88 Å². The van der Waals surface area contributed by atoms with Crippen LogP contribution < -0.4 is 9.64 Å². The summed E-state index contributed by atoms with van der Waals surface area (Å²) in [5.41, 5.74) is 0. The van der Waals surface area contributed by atoms with Gasteiger partial charge in [-0.15, -0.1) is 0 Å². The molecule has 3 heterocycles. The number of aromatic nitrogens is 2. The molecule has 4 rings (SSSR count). The summed E-state index contributed by atoms with van der Waals surface area (Å²) in [5.74, 6) is 3.06. The maximum Gasteiger partial charge on any atom is 0.234 e. The minimum atomic E-state index is 0.682. The fraction of sp³-hybridized carbons (Fsp3) is 0.789. The molecule has 1 unspecified atom stereocenters. The van der Waals surface area contributed by atoms with E-state index in [0.29, 0.717) is 17.7 Å². The summed E-state index contributed by atoms with van der Waals surface area (Å²) in [7, 11) is 0. The van der Waals surface area contributed by atoms with E-state index < -0.39 is 0 Å². The van der Waals surface area contributed by atoms with Crippen LogP contribution in [0.4, 0.5) is 5.82 Å². The van der Waals surface area contributed by atoms with Crippen LogP contribution in [0.25, 0.3) is 0 Å². The van der Waals surface area contributed by atoms with Crippen molar-refractivity contribution in [3.63, 3.8) is 0 Å². The van der Waals surface area contributed by atoms with Gasteiger partial charge < -0.3 is 14.4 Å². The van der Waals surface area contributed by atoms with Gasteiger partial charge in [0.2, 0.25) is 5.88 Å². The van der Waals surface area contributed by atoms with Gasteiger partial charge in [0, 0.05) is 32.7 Å². The van der Waals surface area contributed by atoms with Crippen LogP contribution in [-0.4, -0.2) is 67.4 Å². The molecule has 138 valence electrons. The highest BCUT2D eigenvalue weighted by Crippen LogP contribution is 2.27. The molecule has 6 nitrogen and oxygen atoms in total. The molecule has 3 fully saturated rings. The van der Waals surface area contributed by atoms with Crippen molar-refractivity contribution in [2.45, 2.75) is 32.1 Å². The van der Waals surface area contributed by atoms with E-state index in [0.717, 1.165) is 51.8 Å². The third kappa shape index (κ3) is 4.61. The maximum absolute atomic E-state index is 5.92.